The van der Waals surface area contributed by atoms with Gasteiger partial charge in [0.25, 0.3) is 0 Å². The normalized spacial score (nSPS) is 11.5. The van der Waals surface area contributed by atoms with Gasteiger partial charge in [0.1, 0.15) is 5.82 Å². The molecule has 0 saturated carbocycles. The first-order valence-electron chi connectivity index (χ1n) is 7.88. The molecule has 0 aliphatic carbocycles. The van der Waals surface area contributed by atoms with Crippen LogP contribution in [0.2, 0.25) is 0 Å². The van der Waals surface area contributed by atoms with Crippen molar-refractivity contribution in [2.75, 3.05) is 19.0 Å². The number of nitrogens with one attached hydrogen (secondary N) is 2. The van der Waals surface area contributed by atoms with Crippen LogP contribution in [-0.2, 0) is 9.53 Å². The third-order valence-corrected chi connectivity index (χ3v) is 3.85. The Bertz CT molecular complexity index is 760. The third-order valence-electron chi connectivity index (χ3n) is 3.85. The van der Waals surface area contributed by atoms with Crippen molar-refractivity contribution >= 4 is 17.6 Å². The first-order valence-corrected chi connectivity index (χ1v) is 7.88. The van der Waals surface area contributed by atoms with Gasteiger partial charge in [-0.05, 0) is 49.2 Å². The molecule has 0 saturated heterocycles. The zero-order valence-corrected chi connectivity index (χ0v) is 14.4. The molecule has 0 aromatic heterocycles. The van der Waals surface area contributed by atoms with Crippen molar-refractivity contribution in [2.45, 2.75) is 19.9 Å². The molecule has 132 valence electrons. The number of amides is 1. The Morgan fingerprint density at radius 2 is 1.84 bits per heavy atom. The SMILES string of the molecule is COC(=O)c1ccc(C)c(NCC(=O)N[C@H](C)c2ccc(F)cc2)c1. The number of rotatable bonds is 6. The Balaban J connectivity index is 1.95. The van der Waals surface area contributed by atoms with E-state index in [2.05, 4.69) is 10.6 Å². The minimum atomic E-state index is -0.433. The molecular weight excluding hydrogens is 323 g/mol. The highest BCUT2D eigenvalue weighted by Crippen LogP contribution is 2.17. The van der Waals surface area contributed by atoms with Crippen LogP contribution >= 0.6 is 0 Å². The van der Waals surface area contributed by atoms with Crippen LogP contribution in [0.3, 0.4) is 0 Å². The van der Waals surface area contributed by atoms with Gasteiger partial charge in [-0.1, -0.05) is 18.2 Å². The standard InChI is InChI=1S/C19H21FN2O3/c1-12-4-5-15(19(24)25-3)10-17(12)21-11-18(23)22-13(2)14-6-8-16(20)9-7-14/h4-10,13,21H,11H2,1-3H3,(H,22,23)/t13-/m1/s1. The average Bonchev–Trinajstić information content (AvgIpc) is 2.60. The van der Waals surface area contributed by atoms with E-state index in [-0.39, 0.29) is 24.3 Å². The fraction of sp³-hybridized carbons (Fsp3) is 0.263. The summed E-state index contributed by atoms with van der Waals surface area (Å²) in [5.74, 6) is -0.956. The molecule has 1 atom stereocenters. The van der Waals surface area contributed by atoms with Crippen molar-refractivity contribution < 1.29 is 18.7 Å². The van der Waals surface area contributed by atoms with E-state index < -0.39 is 5.97 Å². The summed E-state index contributed by atoms with van der Waals surface area (Å²) in [6.45, 7) is 3.76. The maximum Gasteiger partial charge on any atom is 0.337 e. The van der Waals surface area contributed by atoms with Gasteiger partial charge in [-0.2, -0.15) is 0 Å². The second-order valence-electron chi connectivity index (χ2n) is 5.72. The summed E-state index contributed by atoms with van der Waals surface area (Å²) >= 11 is 0. The smallest absolute Gasteiger partial charge is 0.337 e. The number of halogens is 1. The number of hydrogen-bond donors (Lipinski definition) is 2. The number of esters is 1. The lowest BCUT2D eigenvalue weighted by Gasteiger charge is -2.16. The van der Waals surface area contributed by atoms with Crippen molar-refractivity contribution in [1.29, 1.82) is 0 Å². The number of ether oxygens (including phenoxy) is 1. The van der Waals surface area contributed by atoms with Crippen molar-refractivity contribution in [3.63, 3.8) is 0 Å². The lowest BCUT2D eigenvalue weighted by Crippen LogP contribution is -2.32. The van der Waals surface area contributed by atoms with E-state index >= 15 is 0 Å². The Hall–Kier alpha value is -2.89. The third kappa shape index (κ3) is 5.04. The molecule has 6 heteroatoms. The van der Waals surface area contributed by atoms with Crippen molar-refractivity contribution in [3.8, 4) is 0 Å². The van der Waals surface area contributed by atoms with Crippen LogP contribution in [0.4, 0.5) is 10.1 Å². The van der Waals surface area contributed by atoms with Crippen molar-refractivity contribution in [3.05, 3.63) is 65.0 Å². The summed E-state index contributed by atoms with van der Waals surface area (Å²) in [6.07, 6.45) is 0. The minimum absolute atomic E-state index is 0.0526. The quantitative estimate of drug-likeness (QED) is 0.790. The molecule has 1 amide bonds. The predicted molar refractivity (Wildman–Crippen MR) is 94.0 cm³/mol. The van der Waals surface area contributed by atoms with E-state index in [0.717, 1.165) is 11.1 Å². The van der Waals surface area contributed by atoms with E-state index in [1.54, 1.807) is 30.3 Å². The molecule has 2 rings (SSSR count). The van der Waals surface area contributed by atoms with Crippen LogP contribution in [0.25, 0.3) is 0 Å². The summed E-state index contributed by atoms with van der Waals surface area (Å²) in [5, 5.41) is 5.86. The summed E-state index contributed by atoms with van der Waals surface area (Å²) in [5.41, 5.74) is 2.83. The number of anilines is 1. The molecule has 0 radical (unpaired) electrons. The van der Waals surface area contributed by atoms with Crippen LogP contribution in [0, 0.1) is 12.7 Å². The van der Waals surface area contributed by atoms with Gasteiger partial charge in [-0.15, -0.1) is 0 Å². The highest BCUT2D eigenvalue weighted by Gasteiger charge is 2.11. The van der Waals surface area contributed by atoms with Crippen molar-refractivity contribution in [2.24, 2.45) is 0 Å². The molecule has 0 bridgehead atoms. The van der Waals surface area contributed by atoms with Gasteiger partial charge in [0.2, 0.25) is 5.91 Å². The molecule has 5 nitrogen and oxygen atoms in total. The van der Waals surface area contributed by atoms with Gasteiger partial charge < -0.3 is 15.4 Å². The van der Waals surface area contributed by atoms with Gasteiger partial charge in [0.05, 0.1) is 25.3 Å². The van der Waals surface area contributed by atoms with Gasteiger partial charge >= 0.3 is 5.97 Å². The Kier molecular flexibility index (Phi) is 6.11. The number of methoxy groups -OCH3 is 1. The topological polar surface area (TPSA) is 67.4 Å². The summed E-state index contributed by atoms with van der Waals surface area (Å²) < 4.78 is 17.6. The summed E-state index contributed by atoms with van der Waals surface area (Å²) in [7, 11) is 1.32. The van der Waals surface area contributed by atoms with E-state index in [9.17, 15) is 14.0 Å². The second kappa shape index (κ2) is 8.28. The predicted octanol–water partition coefficient (Wildman–Crippen LogP) is 3.21. The molecule has 0 fully saturated rings. The van der Waals surface area contributed by atoms with Crippen LogP contribution in [-0.4, -0.2) is 25.5 Å². The molecule has 2 N–H and O–H groups in total. The van der Waals surface area contributed by atoms with Gasteiger partial charge in [-0.25, -0.2) is 9.18 Å². The van der Waals surface area contributed by atoms with Crippen LogP contribution in [0.5, 0.6) is 0 Å². The number of carbonyl (C=O) groups excluding carboxylic acids is 2. The van der Waals surface area contributed by atoms with E-state index in [1.165, 1.54) is 19.2 Å². The molecule has 2 aromatic rings. The maximum absolute atomic E-state index is 12.9. The van der Waals surface area contributed by atoms with Crippen LogP contribution < -0.4 is 10.6 Å². The summed E-state index contributed by atoms with van der Waals surface area (Å²) in [6, 6.07) is 10.9. The fourth-order valence-electron chi connectivity index (χ4n) is 2.36. The molecule has 0 heterocycles. The van der Waals surface area contributed by atoms with E-state index in [4.69, 9.17) is 4.74 Å². The first kappa shape index (κ1) is 18.4. The molecule has 25 heavy (non-hydrogen) atoms. The fourth-order valence-corrected chi connectivity index (χ4v) is 2.36. The maximum atomic E-state index is 12.9. The van der Waals surface area contributed by atoms with E-state index in [0.29, 0.717) is 11.3 Å². The average molecular weight is 344 g/mol. The lowest BCUT2D eigenvalue weighted by atomic mass is 10.1. The Morgan fingerprint density at radius 1 is 1.16 bits per heavy atom. The zero-order valence-electron chi connectivity index (χ0n) is 14.4. The number of benzene rings is 2. The minimum Gasteiger partial charge on any atom is -0.465 e. The second-order valence-corrected chi connectivity index (χ2v) is 5.72. The van der Waals surface area contributed by atoms with Gasteiger partial charge in [0.15, 0.2) is 0 Å². The number of carbonyl (C=O) groups is 2. The molecule has 0 aliphatic rings. The van der Waals surface area contributed by atoms with Gasteiger partial charge in [-0.3, -0.25) is 4.79 Å². The van der Waals surface area contributed by atoms with Crippen LogP contribution in [0.15, 0.2) is 42.5 Å². The highest BCUT2D eigenvalue weighted by atomic mass is 19.1. The lowest BCUT2D eigenvalue weighted by molar-refractivity contribution is -0.120. The van der Waals surface area contributed by atoms with Crippen molar-refractivity contribution in [1.82, 2.24) is 5.32 Å². The molecule has 0 spiro atoms. The largest absolute Gasteiger partial charge is 0.465 e. The number of hydrogen-bond acceptors (Lipinski definition) is 4. The Labute approximate surface area is 146 Å². The summed E-state index contributed by atoms with van der Waals surface area (Å²) in [4.78, 5) is 23.7. The zero-order chi connectivity index (χ0) is 18.4. The highest BCUT2D eigenvalue weighted by molar-refractivity contribution is 5.91. The molecule has 2 aromatic carbocycles. The Morgan fingerprint density at radius 3 is 2.48 bits per heavy atom. The van der Waals surface area contributed by atoms with Crippen LogP contribution in [0.1, 0.15) is 34.5 Å². The van der Waals surface area contributed by atoms with Gasteiger partial charge in [0, 0.05) is 5.69 Å². The monoisotopic (exact) mass is 344 g/mol. The number of aryl methyl sites for hydroxylation is 1. The molecule has 0 aliphatic heterocycles. The first-order chi connectivity index (χ1) is 11.9. The molecular formula is C19H21FN2O3. The van der Waals surface area contributed by atoms with E-state index in [1.807, 2.05) is 13.8 Å². The molecule has 0 unspecified atom stereocenters.